The summed E-state index contributed by atoms with van der Waals surface area (Å²) in [7, 11) is 0. The molecule has 0 saturated carbocycles. The lowest BCUT2D eigenvalue weighted by molar-refractivity contribution is 0.102. The summed E-state index contributed by atoms with van der Waals surface area (Å²) in [6.45, 7) is 2.00. The third kappa shape index (κ3) is 3.34. The number of aryl methyl sites for hydroxylation is 1. The number of rotatable bonds is 2. The zero-order chi connectivity index (χ0) is 13.7. The van der Waals surface area contributed by atoms with E-state index >= 15 is 0 Å². The molecular formula is C12H11N5OS. The number of aromatic nitrogens is 3. The van der Waals surface area contributed by atoms with E-state index < -0.39 is 0 Å². The summed E-state index contributed by atoms with van der Waals surface area (Å²) in [4.78, 5) is 16.6. The zero-order valence-corrected chi connectivity index (χ0v) is 11.0. The number of nitrogens with two attached hydrogens (primary N) is 1. The smallest absolute Gasteiger partial charge is 0.270 e. The molecular weight excluding hydrogens is 262 g/mol. The maximum absolute atomic E-state index is 11.9. The first-order valence-corrected chi connectivity index (χ1v) is 6.24. The second-order valence-electron chi connectivity index (χ2n) is 3.56. The monoisotopic (exact) mass is 273 g/mol. The third-order valence-electron chi connectivity index (χ3n) is 2.17. The van der Waals surface area contributed by atoms with Crippen molar-refractivity contribution in [2.45, 2.75) is 6.92 Å². The minimum Gasteiger partial charge on any atom is -0.320 e. The van der Waals surface area contributed by atoms with Gasteiger partial charge in [-0.1, -0.05) is 16.5 Å². The van der Waals surface area contributed by atoms with Gasteiger partial charge in [0.2, 0.25) is 0 Å². The molecule has 0 spiro atoms. The summed E-state index contributed by atoms with van der Waals surface area (Å²) >= 11 is 1.05. The normalized spacial score (nSPS) is 9.58. The summed E-state index contributed by atoms with van der Waals surface area (Å²) in [5.74, 6) is 5.67. The van der Waals surface area contributed by atoms with Crippen LogP contribution in [0.25, 0.3) is 0 Å². The fourth-order valence-electron chi connectivity index (χ4n) is 1.33. The highest BCUT2D eigenvalue weighted by Crippen LogP contribution is 2.12. The molecule has 96 valence electrons. The molecule has 2 aromatic heterocycles. The third-order valence-corrected chi connectivity index (χ3v) is 2.99. The van der Waals surface area contributed by atoms with Gasteiger partial charge in [0.25, 0.3) is 5.91 Å². The average Bonchev–Trinajstić information content (AvgIpc) is 2.83. The summed E-state index contributed by atoms with van der Waals surface area (Å²) in [5.41, 5.74) is 6.45. The summed E-state index contributed by atoms with van der Waals surface area (Å²) < 4.78 is 3.72. The molecule has 2 rings (SSSR count). The Kier molecular flexibility index (Phi) is 4.18. The van der Waals surface area contributed by atoms with Crippen LogP contribution in [0.5, 0.6) is 0 Å². The van der Waals surface area contributed by atoms with Gasteiger partial charge in [0.15, 0.2) is 0 Å². The van der Waals surface area contributed by atoms with Gasteiger partial charge in [-0.2, -0.15) is 0 Å². The average molecular weight is 273 g/mol. The Bertz CT molecular complexity index is 655. The Hall–Kier alpha value is -2.30. The van der Waals surface area contributed by atoms with Crippen LogP contribution in [0.4, 0.5) is 5.82 Å². The molecule has 0 bridgehead atoms. The molecule has 0 fully saturated rings. The first-order chi connectivity index (χ1) is 9.20. The molecule has 1 amide bonds. The van der Waals surface area contributed by atoms with E-state index in [0.717, 1.165) is 11.5 Å². The lowest BCUT2D eigenvalue weighted by Gasteiger charge is -2.02. The van der Waals surface area contributed by atoms with Gasteiger partial charge in [-0.15, -0.1) is 5.10 Å². The highest BCUT2D eigenvalue weighted by molar-refractivity contribution is 7.08. The molecule has 7 heteroatoms. The molecule has 19 heavy (non-hydrogen) atoms. The van der Waals surface area contributed by atoms with E-state index in [-0.39, 0.29) is 12.5 Å². The molecule has 0 saturated heterocycles. The number of anilines is 1. The molecule has 0 atom stereocenters. The maximum atomic E-state index is 11.9. The van der Waals surface area contributed by atoms with Gasteiger partial charge in [0, 0.05) is 0 Å². The van der Waals surface area contributed by atoms with Crippen molar-refractivity contribution in [3.63, 3.8) is 0 Å². The van der Waals surface area contributed by atoms with Crippen LogP contribution in [-0.2, 0) is 0 Å². The van der Waals surface area contributed by atoms with Crippen LogP contribution in [0, 0.1) is 18.8 Å². The Labute approximate surface area is 114 Å². The molecule has 2 aromatic rings. The number of amides is 1. The lowest BCUT2D eigenvalue weighted by Crippen LogP contribution is -2.12. The van der Waals surface area contributed by atoms with Crippen molar-refractivity contribution in [3.05, 3.63) is 34.5 Å². The summed E-state index contributed by atoms with van der Waals surface area (Å²) in [5, 5.41) is 6.47. The highest BCUT2D eigenvalue weighted by Gasteiger charge is 2.13. The first kappa shape index (κ1) is 13.1. The minimum atomic E-state index is -0.274. The van der Waals surface area contributed by atoms with E-state index in [1.807, 2.05) is 0 Å². The first-order valence-electron chi connectivity index (χ1n) is 5.47. The van der Waals surface area contributed by atoms with Crippen LogP contribution >= 0.6 is 11.5 Å². The number of hydrogen-bond acceptors (Lipinski definition) is 6. The minimum absolute atomic E-state index is 0.268. The highest BCUT2D eigenvalue weighted by atomic mass is 32.1. The van der Waals surface area contributed by atoms with E-state index in [4.69, 9.17) is 5.73 Å². The van der Waals surface area contributed by atoms with Crippen LogP contribution < -0.4 is 11.1 Å². The van der Waals surface area contributed by atoms with Crippen molar-refractivity contribution in [1.29, 1.82) is 0 Å². The SMILES string of the molecule is Cc1nnsc1C(=O)Nc1cccc(C#CCN)n1. The van der Waals surface area contributed by atoms with Crippen LogP contribution in [0.15, 0.2) is 18.2 Å². The van der Waals surface area contributed by atoms with Gasteiger partial charge >= 0.3 is 0 Å². The Morgan fingerprint density at radius 3 is 3.05 bits per heavy atom. The van der Waals surface area contributed by atoms with Crippen LogP contribution in [0.2, 0.25) is 0 Å². The van der Waals surface area contributed by atoms with Crippen LogP contribution in [0.1, 0.15) is 21.1 Å². The maximum Gasteiger partial charge on any atom is 0.270 e. The number of carbonyl (C=O) groups is 1. The van der Waals surface area contributed by atoms with Gasteiger partial charge in [-0.25, -0.2) is 4.98 Å². The van der Waals surface area contributed by atoms with Crippen molar-refractivity contribution >= 4 is 23.3 Å². The largest absolute Gasteiger partial charge is 0.320 e. The molecule has 0 aliphatic rings. The van der Waals surface area contributed by atoms with E-state index in [9.17, 15) is 4.79 Å². The van der Waals surface area contributed by atoms with Crippen LogP contribution in [-0.4, -0.2) is 27.0 Å². The topological polar surface area (TPSA) is 93.8 Å². The van der Waals surface area contributed by atoms with Crippen molar-refractivity contribution in [2.24, 2.45) is 5.73 Å². The fourth-order valence-corrected chi connectivity index (χ4v) is 1.88. The quantitative estimate of drug-likeness (QED) is 0.789. The van der Waals surface area contributed by atoms with Crippen molar-refractivity contribution in [3.8, 4) is 11.8 Å². The number of carbonyl (C=O) groups excluding carboxylic acids is 1. The molecule has 6 nitrogen and oxygen atoms in total. The predicted molar refractivity (Wildman–Crippen MR) is 72.8 cm³/mol. The summed E-state index contributed by atoms with van der Waals surface area (Å²) in [6, 6.07) is 5.20. The Morgan fingerprint density at radius 2 is 2.37 bits per heavy atom. The second kappa shape index (κ2) is 6.04. The standard InChI is InChI=1S/C12H11N5OS/c1-8-11(19-17-16-8)12(18)15-10-6-2-4-9(14-10)5-3-7-13/h2,4,6H,7,13H2,1H3,(H,14,15,18). The number of nitrogens with one attached hydrogen (secondary N) is 1. The molecule has 3 N–H and O–H groups in total. The van der Waals surface area contributed by atoms with E-state index in [2.05, 4.69) is 31.7 Å². The van der Waals surface area contributed by atoms with Gasteiger partial charge in [0.1, 0.15) is 16.4 Å². The molecule has 0 aromatic carbocycles. The lowest BCUT2D eigenvalue weighted by atomic mass is 10.3. The Balaban J connectivity index is 2.15. The molecule has 0 aliphatic heterocycles. The molecule has 2 heterocycles. The fraction of sp³-hybridized carbons (Fsp3) is 0.167. The zero-order valence-electron chi connectivity index (χ0n) is 10.2. The number of pyridine rings is 1. The van der Waals surface area contributed by atoms with Gasteiger partial charge in [0.05, 0.1) is 12.2 Å². The van der Waals surface area contributed by atoms with E-state index in [0.29, 0.717) is 22.1 Å². The van der Waals surface area contributed by atoms with Crippen LogP contribution in [0.3, 0.4) is 0 Å². The Morgan fingerprint density at radius 1 is 1.53 bits per heavy atom. The molecule has 0 unspecified atom stereocenters. The van der Waals surface area contributed by atoms with E-state index in [1.165, 1.54) is 0 Å². The van der Waals surface area contributed by atoms with Crippen molar-refractivity contribution in [2.75, 3.05) is 11.9 Å². The summed E-state index contributed by atoms with van der Waals surface area (Å²) in [6.07, 6.45) is 0. The van der Waals surface area contributed by atoms with Gasteiger partial charge in [-0.05, 0) is 36.5 Å². The van der Waals surface area contributed by atoms with Gasteiger partial charge < -0.3 is 11.1 Å². The number of hydrogen-bond donors (Lipinski definition) is 2. The molecule has 0 aliphatic carbocycles. The predicted octanol–water partition coefficient (Wildman–Crippen LogP) is 0.804. The van der Waals surface area contributed by atoms with E-state index in [1.54, 1.807) is 25.1 Å². The van der Waals surface area contributed by atoms with Crippen molar-refractivity contribution in [1.82, 2.24) is 14.6 Å². The molecule has 0 radical (unpaired) electrons. The van der Waals surface area contributed by atoms with Crippen molar-refractivity contribution < 1.29 is 4.79 Å². The van der Waals surface area contributed by atoms with Gasteiger partial charge in [-0.3, -0.25) is 4.79 Å². The number of nitrogens with zero attached hydrogens (tertiary/aromatic N) is 3. The second-order valence-corrected chi connectivity index (χ2v) is 4.31.